The SMILES string of the molecule is Cc1nccc(N2CCC(Oc3ccn4nccc4n3)CC2)n1. The van der Waals surface area contributed by atoms with Gasteiger partial charge in [-0.15, -0.1) is 0 Å². The molecule has 0 spiro atoms. The first-order chi connectivity index (χ1) is 11.3. The molecule has 3 aromatic heterocycles. The molecule has 1 aliphatic heterocycles. The first-order valence-electron chi connectivity index (χ1n) is 7.79. The topological polar surface area (TPSA) is 68.4 Å². The Morgan fingerprint density at radius 1 is 1.09 bits per heavy atom. The number of piperidine rings is 1. The molecule has 0 bridgehead atoms. The van der Waals surface area contributed by atoms with Crippen molar-refractivity contribution in [3.05, 3.63) is 42.6 Å². The van der Waals surface area contributed by atoms with Crippen LogP contribution in [0.2, 0.25) is 0 Å². The number of nitrogens with zero attached hydrogens (tertiary/aromatic N) is 6. The standard InChI is InChI=1S/C16H18N6O/c1-12-17-7-2-14(19-12)21-9-4-13(5-10-21)23-16-6-11-22-15(20-16)3-8-18-22/h2-3,6-8,11,13H,4-5,9-10H2,1H3. The molecule has 4 rings (SSSR count). The van der Waals surface area contributed by atoms with Crippen molar-refractivity contribution >= 4 is 11.5 Å². The lowest BCUT2D eigenvalue weighted by Crippen LogP contribution is -2.38. The smallest absolute Gasteiger partial charge is 0.217 e. The van der Waals surface area contributed by atoms with E-state index in [9.17, 15) is 0 Å². The Hall–Kier alpha value is -2.70. The maximum Gasteiger partial charge on any atom is 0.217 e. The van der Waals surface area contributed by atoms with E-state index in [1.54, 1.807) is 10.7 Å². The van der Waals surface area contributed by atoms with Gasteiger partial charge in [-0.25, -0.2) is 14.5 Å². The molecule has 0 aromatic carbocycles. The summed E-state index contributed by atoms with van der Waals surface area (Å²) in [5, 5.41) is 4.14. The third-order valence-electron chi connectivity index (χ3n) is 4.05. The Morgan fingerprint density at radius 2 is 1.96 bits per heavy atom. The van der Waals surface area contributed by atoms with Crippen LogP contribution in [-0.4, -0.2) is 43.8 Å². The molecule has 0 radical (unpaired) electrons. The second kappa shape index (κ2) is 5.83. The minimum atomic E-state index is 0.187. The van der Waals surface area contributed by atoms with E-state index in [0.29, 0.717) is 5.88 Å². The molecule has 1 saturated heterocycles. The number of rotatable bonds is 3. The quantitative estimate of drug-likeness (QED) is 0.736. The Balaban J connectivity index is 1.39. The van der Waals surface area contributed by atoms with Crippen molar-refractivity contribution in [1.82, 2.24) is 24.6 Å². The van der Waals surface area contributed by atoms with E-state index in [1.165, 1.54) is 0 Å². The molecule has 3 aromatic rings. The van der Waals surface area contributed by atoms with Gasteiger partial charge >= 0.3 is 0 Å². The molecule has 0 N–H and O–H groups in total. The minimum Gasteiger partial charge on any atom is -0.474 e. The molecule has 7 heteroatoms. The molecule has 1 fully saturated rings. The lowest BCUT2D eigenvalue weighted by molar-refractivity contribution is 0.164. The lowest BCUT2D eigenvalue weighted by atomic mass is 10.1. The number of ether oxygens (including phenoxy) is 1. The van der Waals surface area contributed by atoms with Crippen molar-refractivity contribution in [2.75, 3.05) is 18.0 Å². The highest BCUT2D eigenvalue weighted by Gasteiger charge is 2.22. The highest BCUT2D eigenvalue weighted by Crippen LogP contribution is 2.21. The third kappa shape index (κ3) is 2.94. The molecule has 0 amide bonds. The normalized spacial score (nSPS) is 16.0. The molecule has 0 unspecified atom stereocenters. The molecule has 0 aliphatic carbocycles. The van der Waals surface area contributed by atoms with E-state index in [1.807, 2.05) is 37.5 Å². The summed E-state index contributed by atoms with van der Waals surface area (Å²) in [6, 6.07) is 5.69. The van der Waals surface area contributed by atoms with Gasteiger partial charge in [-0.2, -0.15) is 10.1 Å². The summed E-state index contributed by atoms with van der Waals surface area (Å²) >= 11 is 0. The Bertz CT molecular complexity index is 809. The van der Waals surface area contributed by atoms with Crippen LogP contribution >= 0.6 is 0 Å². The van der Waals surface area contributed by atoms with Gasteiger partial charge in [0.25, 0.3) is 0 Å². The zero-order valence-corrected chi connectivity index (χ0v) is 13.0. The maximum absolute atomic E-state index is 6.03. The largest absolute Gasteiger partial charge is 0.474 e. The fourth-order valence-electron chi connectivity index (χ4n) is 2.85. The summed E-state index contributed by atoms with van der Waals surface area (Å²) in [6.07, 6.45) is 7.51. The van der Waals surface area contributed by atoms with Crippen LogP contribution in [0.5, 0.6) is 5.88 Å². The van der Waals surface area contributed by atoms with E-state index in [0.717, 1.165) is 43.2 Å². The average Bonchev–Trinajstić information content (AvgIpc) is 3.03. The van der Waals surface area contributed by atoms with Gasteiger partial charge in [0.05, 0.1) is 6.20 Å². The molecule has 118 valence electrons. The van der Waals surface area contributed by atoms with Crippen molar-refractivity contribution in [2.24, 2.45) is 0 Å². The Labute approximate surface area is 134 Å². The highest BCUT2D eigenvalue weighted by atomic mass is 16.5. The second-order valence-electron chi connectivity index (χ2n) is 5.67. The Morgan fingerprint density at radius 3 is 2.78 bits per heavy atom. The van der Waals surface area contributed by atoms with Crippen molar-refractivity contribution in [2.45, 2.75) is 25.9 Å². The summed E-state index contributed by atoms with van der Waals surface area (Å²) in [5.41, 5.74) is 0.802. The van der Waals surface area contributed by atoms with Gasteiger partial charge in [0.1, 0.15) is 17.7 Å². The van der Waals surface area contributed by atoms with E-state index >= 15 is 0 Å². The van der Waals surface area contributed by atoms with Gasteiger partial charge in [0, 0.05) is 50.5 Å². The zero-order valence-electron chi connectivity index (χ0n) is 13.0. The van der Waals surface area contributed by atoms with Crippen molar-refractivity contribution < 1.29 is 4.74 Å². The predicted molar refractivity (Wildman–Crippen MR) is 85.6 cm³/mol. The summed E-state index contributed by atoms with van der Waals surface area (Å²) in [7, 11) is 0. The lowest BCUT2D eigenvalue weighted by Gasteiger charge is -2.32. The first-order valence-corrected chi connectivity index (χ1v) is 7.79. The monoisotopic (exact) mass is 310 g/mol. The number of fused-ring (bicyclic) bond motifs is 1. The van der Waals surface area contributed by atoms with Gasteiger partial charge < -0.3 is 9.64 Å². The predicted octanol–water partition coefficient (Wildman–Crippen LogP) is 1.88. The molecule has 0 saturated carbocycles. The molecule has 23 heavy (non-hydrogen) atoms. The number of aromatic nitrogens is 5. The number of aryl methyl sites for hydroxylation is 1. The van der Waals surface area contributed by atoms with Crippen molar-refractivity contribution in [1.29, 1.82) is 0 Å². The molecule has 7 nitrogen and oxygen atoms in total. The summed E-state index contributed by atoms with van der Waals surface area (Å²) in [4.78, 5) is 15.4. The summed E-state index contributed by atoms with van der Waals surface area (Å²) < 4.78 is 7.76. The van der Waals surface area contributed by atoms with Crippen LogP contribution in [0.1, 0.15) is 18.7 Å². The molecule has 4 heterocycles. The van der Waals surface area contributed by atoms with Crippen LogP contribution in [0.3, 0.4) is 0 Å². The van der Waals surface area contributed by atoms with Gasteiger partial charge in [0.15, 0.2) is 5.65 Å². The van der Waals surface area contributed by atoms with Crippen LogP contribution in [0.25, 0.3) is 5.65 Å². The van der Waals surface area contributed by atoms with Gasteiger partial charge in [-0.1, -0.05) is 0 Å². The summed E-state index contributed by atoms with van der Waals surface area (Å²) in [6.45, 7) is 3.77. The van der Waals surface area contributed by atoms with Crippen LogP contribution < -0.4 is 9.64 Å². The number of hydrogen-bond donors (Lipinski definition) is 0. The molecular weight excluding hydrogens is 292 g/mol. The van der Waals surface area contributed by atoms with Crippen LogP contribution in [-0.2, 0) is 0 Å². The third-order valence-corrected chi connectivity index (χ3v) is 4.05. The molecule has 0 atom stereocenters. The fourth-order valence-corrected chi connectivity index (χ4v) is 2.85. The van der Waals surface area contributed by atoms with Gasteiger partial charge in [-0.3, -0.25) is 0 Å². The maximum atomic E-state index is 6.03. The molecular formula is C16H18N6O. The van der Waals surface area contributed by atoms with E-state index in [4.69, 9.17) is 4.74 Å². The van der Waals surface area contributed by atoms with Crippen LogP contribution in [0.15, 0.2) is 36.8 Å². The van der Waals surface area contributed by atoms with Gasteiger partial charge in [0.2, 0.25) is 5.88 Å². The minimum absolute atomic E-state index is 0.187. The molecule has 1 aliphatic rings. The second-order valence-corrected chi connectivity index (χ2v) is 5.67. The van der Waals surface area contributed by atoms with Crippen molar-refractivity contribution in [3.8, 4) is 5.88 Å². The zero-order chi connectivity index (χ0) is 15.6. The summed E-state index contributed by atoms with van der Waals surface area (Å²) in [5.74, 6) is 2.46. The van der Waals surface area contributed by atoms with E-state index in [2.05, 4.69) is 25.0 Å². The van der Waals surface area contributed by atoms with E-state index in [-0.39, 0.29) is 6.10 Å². The fraction of sp³-hybridized carbons (Fsp3) is 0.375. The average molecular weight is 310 g/mol. The van der Waals surface area contributed by atoms with Crippen LogP contribution in [0.4, 0.5) is 5.82 Å². The van der Waals surface area contributed by atoms with Crippen molar-refractivity contribution in [3.63, 3.8) is 0 Å². The highest BCUT2D eigenvalue weighted by molar-refractivity contribution is 5.39. The first kappa shape index (κ1) is 13.9. The Kier molecular flexibility index (Phi) is 3.53. The number of anilines is 1. The van der Waals surface area contributed by atoms with Gasteiger partial charge in [-0.05, 0) is 13.0 Å². The van der Waals surface area contributed by atoms with Crippen LogP contribution in [0, 0.1) is 6.92 Å². The number of hydrogen-bond acceptors (Lipinski definition) is 6. The van der Waals surface area contributed by atoms with E-state index < -0.39 is 0 Å².